The van der Waals surface area contributed by atoms with Crippen LogP contribution in [0.2, 0.25) is 0 Å². The van der Waals surface area contributed by atoms with Crippen molar-refractivity contribution in [1.29, 1.82) is 0 Å². The van der Waals surface area contributed by atoms with Gasteiger partial charge in [0.15, 0.2) is 0 Å². The monoisotopic (exact) mass is 215 g/mol. The zero-order valence-electron chi connectivity index (χ0n) is 8.95. The largest absolute Gasteiger partial charge is 0.325 e. The van der Waals surface area contributed by atoms with E-state index in [4.69, 9.17) is 0 Å². The minimum atomic E-state index is -0.564. The van der Waals surface area contributed by atoms with Crippen LogP contribution >= 0.6 is 0 Å². The molecule has 1 amide bonds. The first kappa shape index (κ1) is 9.58. The lowest BCUT2D eigenvalue weighted by molar-refractivity contribution is -0.129. The van der Waals surface area contributed by atoms with E-state index < -0.39 is 5.41 Å². The van der Waals surface area contributed by atoms with Crippen LogP contribution in [0.3, 0.4) is 0 Å². The van der Waals surface area contributed by atoms with Crippen molar-refractivity contribution in [1.82, 2.24) is 0 Å². The number of carbonyl (C=O) groups excluding carboxylic acids is 2. The SMILES string of the molecule is O=C1CCC[C@]2(C1)C(=O)Nc1ccccc12. The third-order valence-corrected chi connectivity index (χ3v) is 3.68. The first-order valence-corrected chi connectivity index (χ1v) is 5.65. The summed E-state index contributed by atoms with van der Waals surface area (Å²) >= 11 is 0. The molecule has 82 valence electrons. The molecule has 2 aliphatic rings. The van der Waals surface area contributed by atoms with Gasteiger partial charge in [0, 0.05) is 18.5 Å². The topological polar surface area (TPSA) is 46.2 Å². The zero-order chi connectivity index (χ0) is 11.2. The van der Waals surface area contributed by atoms with Crippen molar-refractivity contribution in [3.63, 3.8) is 0 Å². The van der Waals surface area contributed by atoms with Crippen LogP contribution in [0.4, 0.5) is 5.69 Å². The highest BCUT2D eigenvalue weighted by Crippen LogP contribution is 2.46. The number of anilines is 1. The standard InChI is InChI=1S/C13H13NO2/c15-9-4-3-7-13(8-9)10-5-1-2-6-11(10)14-12(13)16/h1-2,5-6H,3-4,7-8H2,(H,14,16)/t13-/m1/s1. The molecule has 1 N–H and O–H groups in total. The fourth-order valence-corrected chi connectivity index (χ4v) is 2.90. The molecule has 0 radical (unpaired) electrons. The molecule has 1 aliphatic carbocycles. The molecule has 0 saturated heterocycles. The highest BCUT2D eigenvalue weighted by Gasteiger charge is 2.48. The molecule has 1 spiro atoms. The first-order valence-electron chi connectivity index (χ1n) is 5.65. The molecule has 3 heteroatoms. The number of benzene rings is 1. The second-order valence-corrected chi connectivity index (χ2v) is 4.65. The van der Waals surface area contributed by atoms with E-state index in [9.17, 15) is 9.59 Å². The van der Waals surface area contributed by atoms with E-state index >= 15 is 0 Å². The summed E-state index contributed by atoms with van der Waals surface area (Å²) < 4.78 is 0. The summed E-state index contributed by atoms with van der Waals surface area (Å²) in [5.74, 6) is 0.208. The maximum Gasteiger partial charge on any atom is 0.235 e. The average Bonchev–Trinajstić information content (AvgIpc) is 2.53. The van der Waals surface area contributed by atoms with Crippen LogP contribution < -0.4 is 5.32 Å². The number of carbonyl (C=O) groups is 2. The van der Waals surface area contributed by atoms with Crippen molar-refractivity contribution in [3.05, 3.63) is 29.8 Å². The molecule has 1 fully saturated rings. The number of nitrogens with one attached hydrogen (secondary N) is 1. The summed E-state index contributed by atoms with van der Waals surface area (Å²) in [6.45, 7) is 0. The molecule has 3 rings (SSSR count). The van der Waals surface area contributed by atoms with Crippen molar-refractivity contribution < 1.29 is 9.59 Å². The Hall–Kier alpha value is -1.64. The van der Waals surface area contributed by atoms with Gasteiger partial charge in [-0.3, -0.25) is 9.59 Å². The normalized spacial score (nSPS) is 28.0. The van der Waals surface area contributed by atoms with E-state index in [1.54, 1.807) is 0 Å². The minimum absolute atomic E-state index is 0.00162. The highest BCUT2D eigenvalue weighted by atomic mass is 16.2. The van der Waals surface area contributed by atoms with Crippen LogP contribution in [0.15, 0.2) is 24.3 Å². The summed E-state index contributed by atoms with van der Waals surface area (Å²) in [4.78, 5) is 23.7. The molecule has 16 heavy (non-hydrogen) atoms. The summed E-state index contributed by atoms with van der Waals surface area (Å²) in [5.41, 5.74) is 1.32. The lowest BCUT2D eigenvalue weighted by Gasteiger charge is -2.30. The van der Waals surface area contributed by atoms with Gasteiger partial charge in [-0.05, 0) is 24.5 Å². The lowest BCUT2D eigenvalue weighted by atomic mass is 9.70. The molecule has 0 aromatic heterocycles. The maximum absolute atomic E-state index is 12.1. The van der Waals surface area contributed by atoms with Crippen molar-refractivity contribution in [2.24, 2.45) is 0 Å². The molecule has 0 unspecified atom stereocenters. The van der Waals surface area contributed by atoms with Gasteiger partial charge in [0.05, 0.1) is 5.41 Å². The van der Waals surface area contributed by atoms with E-state index in [2.05, 4.69) is 5.32 Å². The van der Waals surface area contributed by atoms with E-state index in [0.717, 1.165) is 24.1 Å². The van der Waals surface area contributed by atoms with Crippen LogP contribution in [0.5, 0.6) is 0 Å². The molecule has 3 nitrogen and oxygen atoms in total. The van der Waals surface area contributed by atoms with Gasteiger partial charge in [-0.25, -0.2) is 0 Å². The van der Waals surface area contributed by atoms with Gasteiger partial charge in [-0.1, -0.05) is 18.2 Å². The Labute approximate surface area is 93.8 Å². The summed E-state index contributed by atoms with van der Waals surface area (Å²) in [6, 6.07) is 7.70. The quantitative estimate of drug-likeness (QED) is 0.719. The zero-order valence-corrected chi connectivity index (χ0v) is 8.95. The second kappa shape index (κ2) is 3.17. The van der Waals surface area contributed by atoms with E-state index in [1.165, 1.54) is 0 Å². The first-order chi connectivity index (χ1) is 7.72. The Morgan fingerprint density at radius 1 is 1.19 bits per heavy atom. The molecular weight excluding hydrogens is 202 g/mol. The van der Waals surface area contributed by atoms with Gasteiger partial charge in [-0.15, -0.1) is 0 Å². The molecule has 1 aromatic carbocycles. The van der Waals surface area contributed by atoms with E-state index in [1.807, 2.05) is 24.3 Å². The summed E-state index contributed by atoms with van der Waals surface area (Å²) in [6.07, 6.45) is 2.61. The molecule has 0 bridgehead atoms. The van der Waals surface area contributed by atoms with Crippen molar-refractivity contribution >= 4 is 17.4 Å². The van der Waals surface area contributed by atoms with Crippen LogP contribution in [0.1, 0.15) is 31.2 Å². The summed E-state index contributed by atoms with van der Waals surface area (Å²) in [7, 11) is 0. The third-order valence-electron chi connectivity index (χ3n) is 3.68. The minimum Gasteiger partial charge on any atom is -0.325 e. The van der Waals surface area contributed by atoms with Gasteiger partial charge in [0.2, 0.25) is 5.91 Å². The van der Waals surface area contributed by atoms with E-state index in [0.29, 0.717) is 12.8 Å². The number of hydrogen-bond acceptors (Lipinski definition) is 2. The lowest BCUT2D eigenvalue weighted by Crippen LogP contribution is -2.39. The predicted molar refractivity (Wildman–Crippen MR) is 60.2 cm³/mol. The fourth-order valence-electron chi connectivity index (χ4n) is 2.90. The molecule has 1 atom stereocenters. The second-order valence-electron chi connectivity index (χ2n) is 4.65. The Morgan fingerprint density at radius 3 is 2.81 bits per heavy atom. The van der Waals surface area contributed by atoms with Gasteiger partial charge >= 0.3 is 0 Å². The summed E-state index contributed by atoms with van der Waals surface area (Å²) in [5, 5.41) is 2.89. The van der Waals surface area contributed by atoms with Crippen molar-refractivity contribution in [2.75, 3.05) is 5.32 Å². The van der Waals surface area contributed by atoms with Crippen LogP contribution in [0, 0.1) is 0 Å². The molecule has 1 saturated carbocycles. The number of para-hydroxylation sites is 1. The number of hydrogen-bond donors (Lipinski definition) is 1. The van der Waals surface area contributed by atoms with Gasteiger partial charge in [0.25, 0.3) is 0 Å². The number of amides is 1. The number of rotatable bonds is 0. The highest BCUT2D eigenvalue weighted by molar-refractivity contribution is 6.08. The average molecular weight is 215 g/mol. The van der Waals surface area contributed by atoms with Crippen LogP contribution in [-0.2, 0) is 15.0 Å². The Morgan fingerprint density at radius 2 is 2.00 bits per heavy atom. The molecular formula is C13H13NO2. The van der Waals surface area contributed by atoms with Gasteiger partial charge < -0.3 is 5.32 Å². The van der Waals surface area contributed by atoms with Crippen LogP contribution in [-0.4, -0.2) is 11.7 Å². The number of ketones is 1. The van der Waals surface area contributed by atoms with Gasteiger partial charge in [-0.2, -0.15) is 0 Å². The molecule has 1 aromatic rings. The van der Waals surface area contributed by atoms with E-state index in [-0.39, 0.29) is 11.7 Å². The molecule has 1 heterocycles. The third kappa shape index (κ3) is 1.14. The fraction of sp³-hybridized carbons (Fsp3) is 0.385. The predicted octanol–water partition coefficient (Wildman–Crippen LogP) is 2.02. The number of Topliss-reactive ketones (excluding diaryl/α,β-unsaturated/α-hetero) is 1. The maximum atomic E-state index is 12.1. The Balaban J connectivity index is 2.13. The molecule has 1 aliphatic heterocycles. The Kier molecular flexibility index (Phi) is 1.90. The van der Waals surface area contributed by atoms with Gasteiger partial charge in [0.1, 0.15) is 5.78 Å². The van der Waals surface area contributed by atoms with Crippen molar-refractivity contribution in [2.45, 2.75) is 31.1 Å². The van der Waals surface area contributed by atoms with Crippen LogP contribution in [0.25, 0.3) is 0 Å². The Bertz CT molecular complexity index is 481. The number of fused-ring (bicyclic) bond motifs is 2. The van der Waals surface area contributed by atoms with Crippen molar-refractivity contribution in [3.8, 4) is 0 Å². The smallest absolute Gasteiger partial charge is 0.235 e.